The molecule has 0 atom stereocenters. The van der Waals surface area contributed by atoms with Gasteiger partial charge >= 0.3 is 6.18 Å². The van der Waals surface area contributed by atoms with Crippen molar-refractivity contribution in [2.75, 3.05) is 37.4 Å². The molecule has 1 aliphatic carbocycles. The number of halogens is 4. The summed E-state index contributed by atoms with van der Waals surface area (Å²) >= 11 is 0. The fourth-order valence-electron chi connectivity index (χ4n) is 4.56. The van der Waals surface area contributed by atoms with Crippen LogP contribution in [0.15, 0.2) is 42.5 Å². The zero-order valence-corrected chi connectivity index (χ0v) is 20.2. The number of hydrogen-bond donors (Lipinski definition) is 2. The number of benzene rings is 2. The molecule has 6 nitrogen and oxygen atoms in total. The van der Waals surface area contributed by atoms with Gasteiger partial charge in [-0.2, -0.15) is 18.2 Å². The predicted octanol–water partition coefficient (Wildman–Crippen LogP) is 5.50. The maximum Gasteiger partial charge on any atom is 0.416 e. The third-order valence-corrected chi connectivity index (χ3v) is 6.61. The molecule has 1 fully saturated rings. The fraction of sp³-hybridized carbons (Fsp3) is 0.423. The molecule has 2 aromatic carbocycles. The van der Waals surface area contributed by atoms with E-state index < -0.39 is 29.0 Å². The lowest BCUT2D eigenvalue weighted by Crippen LogP contribution is -2.33. The van der Waals surface area contributed by atoms with Gasteiger partial charge in [0.1, 0.15) is 11.6 Å². The van der Waals surface area contributed by atoms with Gasteiger partial charge in [0, 0.05) is 32.6 Å². The normalized spacial score (nSPS) is 18.2. The maximum atomic E-state index is 14.0. The lowest BCUT2D eigenvalue weighted by Gasteiger charge is -2.29. The van der Waals surface area contributed by atoms with Crippen LogP contribution < -0.4 is 15.5 Å². The van der Waals surface area contributed by atoms with Crippen molar-refractivity contribution in [3.63, 3.8) is 0 Å². The summed E-state index contributed by atoms with van der Waals surface area (Å²) in [4.78, 5) is 23.6. The Hall–Kier alpha value is -3.43. The highest BCUT2D eigenvalue weighted by molar-refractivity contribution is 5.94. The third-order valence-electron chi connectivity index (χ3n) is 6.61. The quantitative estimate of drug-likeness (QED) is 0.417. The van der Waals surface area contributed by atoms with Crippen LogP contribution in [0.4, 0.5) is 29.3 Å². The van der Waals surface area contributed by atoms with Gasteiger partial charge in [-0.15, -0.1) is 0 Å². The third kappa shape index (κ3) is 6.03. The van der Waals surface area contributed by atoms with Crippen molar-refractivity contribution in [3.05, 3.63) is 59.4 Å². The number of rotatable bonds is 7. The minimum absolute atomic E-state index is 0.191. The average molecular weight is 504 g/mol. The van der Waals surface area contributed by atoms with Crippen molar-refractivity contribution in [3.8, 4) is 0 Å². The number of fused-ring (bicyclic) bond motifs is 1. The number of carbonyl (C=O) groups is 1. The van der Waals surface area contributed by atoms with E-state index in [1.54, 1.807) is 0 Å². The first-order valence-electron chi connectivity index (χ1n) is 11.9. The van der Waals surface area contributed by atoms with Crippen LogP contribution >= 0.6 is 0 Å². The molecule has 0 bridgehead atoms. The molecule has 0 spiro atoms. The molecule has 192 valence electrons. The summed E-state index contributed by atoms with van der Waals surface area (Å²) in [6, 6.07) is 9.73. The van der Waals surface area contributed by atoms with Crippen LogP contribution in [0.2, 0.25) is 0 Å². The monoisotopic (exact) mass is 503 g/mol. The van der Waals surface area contributed by atoms with Crippen LogP contribution in [-0.2, 0) is 6.18 Å². The second-order valence-corrected chi connectivity index (χ2v) is 9.45. The molecule has 2 N–H and O–H groups in total. The fourth-order valence-corrected chi connectivity index (χ4v) is 4.56. The molecule has 1 aromatic heterocycles. The number of alkyl halides is 3. The van der Waals surface area contributed by atoms with Crippen LogP contribution in [0.3, 0.4) is 0 Å². The highest BCUT2D eigenvalue weighted by Gasteiger charge is 2.32. The summed E-state index contributed by atoms with van der Waals surface area (Å²) in [6.07, 6.45) is -1.06. The Morgan fingerprint density at radius 3 is 2.33 bits per heavy atom. The minimum Gasteiger partial charge on any atom is -0.362 e. The molecule has 0 unspecified atom stereocenters. The van der Waals surface area contributed by atoms with Gasteiger partial charge in [-0.25, -0.2) is 9.37 Å². The van der Waals surface area contributed by atoms with Crippen LogP contribution in [0.1, 0.15) is 41.6 Å². The molecule has 1 heterocycles. The second kappa shape index (κ2) is 10.7. The summed E-state index contributed by atoms with van der Waals surface area (Å²) in [5, 5.41) is 6.95. The first-order valence-corrected chi connectivity index (χ1v) is 11.9. The van der Waals surface area contributed by atoms with Crippen LogP contribution in [0.5, 0.6) is 0 Å². The summed E-state index contributed by atoms with van der Waals surface area (Å²) in [5.74, 6) is 0.234. The van der Waals surface area contributed by atoms with Gasteiger partial charge in [0.2, 0.25) is 5.95 Å². The Kier molecular flexibility index (Phi) is 7.61. The number of aromatic nitrogens is 2. The topological polar surface area (TPSA) is 70.2 Å². The predicted molar refractivity (Wildman–Crippen MR) is 132 cm³/mol. The smallest absolute Gasteiger partial charge is 0.362 e. The van der Waals surface area contributed by atoms with Crippen molar-refractivity contribution >= 4 is 28.6 Å². The molecule has 0 saturated heterocycles. The highest BCUT2D eigenvalue weighted by Crippen LogP contribution is 2.31. The Labute approximate surface area is 207 Å². The Balaban J connectivity index is 1.28. The molecule has 1 aliphatic rings. The van der Waals surface area contributed by atoms with Crippen molar-refractivity contribution in [1.29, 1.82) is 0 Å². The number of nitrogens with one attached hydrogen (secondary N) is 2. The molecular weight excluding hydrogens is 474 g/mol. The van der Waals surface area contributed by atoms with Gasteiger partial charge in [0.15, 0.2) is 0 Å². The van der Waals surface area contributed by atoms with E-state index >= 15 is 0 Å². The van der Waals surface area contributed by atoms with Crippen molar-refractivity contribution in [2.45, 2.75) is 31.9 Å². The summed E-state index contributed by atoms with van der Waals surface area (Å²) < 4.78 is 52.7. The largest absolute Gasteiger partial charge is 0.416 e. The Bertz CT molecular complexity index is 1220. The molecule has 3 aromatic rings. The molecule has 36 heavy (non-hydrogen) atoms. The van der Waals surface area contributed by atoms with Gasteiger partial charge < -0.3 is 15.5 Å². The number of para-hydroxylation sites is 1. The standard InChI is InChI=1S/C26H29F4N5O/c1-35(2)23-19-5-3-4-6-22(19)33-25(34-23)32-15-17-9-7-16(8-10-17)14-31-24(36)20-13-18(26(28,29)30)11-12-21(20)27/h3-6,11-13,16-17H,7-10,14-15H2,1-2H3,(H,31,36)(H,32,33,34). The lowest BCUT2D eigenvalue weighted by molar-refractivity contribution is -0.137. The molecule has 1 saturated carbocycles. The van der Waals surface area contributed by atoms with E-state index in [-0.39, 0.29) is 5.92 Å². The minimum atomic E-state index is -4.64. The second-order valence-electron chi connectivity index (χ2n) is 9.45. The van der Waals surface area contributed by atoms with E-state index in [0.29, 0.717) is 36.6 Å². The molecule has 4 rings (SSSR count). The first-order chi connectivity index (χ1) is 17.1. The number of nitrogens with zero attached hydrogens (tertiary/aromatic N) is 3. The van der Waals surface area contributed by atoms with E-state index in [9.17, 15) is 22.4 Å². The van der Waals surface area contributed by atoms with Gasteiger partial charge in [0.25, 0.3) is 5.91 Å². The van der Waals surface area contributed by atoms with Gasteiger partial charge in [-0.1, -0.05) is 12.1 Å². The molecule has 1 amide bonds. The highest BCUT2D eigenvalue weighted by atomic mass is 19.4. The van der Waals surface area contributed by atoms with E-state index in [2.05, 4.69) is 20.6 Å². The summed E-state index contributed by atoms with van der Waals surface area (Å²) in [6.45, 7) is 1.02. The zero-order valence-electron chi connectivity index (χ0n) is 20.2. The number of amides is 1. The van der Waals surface area contributed by atoms with Gasteiger partial charge in [-0.05, 0) is 67.9 Å². The maximum absolute atomic E-state index is 14.0. The van der Waals surface area contributed by atoms with Crippen LogP contribution in [0, 0.1) is 17.7 Å². The van der Waals surface area contributed by atoms with E-state index in [1.165, 1.54) is 0 Å². The molecule has 0 aliphatic heterocycles. The van der Waals surface area contributed by atoms with Crippen molar-refractivity contribution in [1.82, 2.24) is 15.3 Å². The van der Waals surface area contributed by atoms with Crippen molar-refractivity contribution < 1.29 is 22.4 Å². The average Bonchev–Trinajstić information content (AvgIpc) is 2.85. The Morgan fingerprint density at radius 2 is 1.67 bits per heavy atom. The number of carbonyl (C=O) groups excluding carboxylic acids is 1. The number of anilines is 2. The Morgan fingerprint density at radius 1 is 1.00 bits per heavy atom. The van der Waals surface area contributed by atoms with Crippen LogP contribution in [0.25, 0.3) is 10.9 Å². The van der Waals surface area contributed by atoms with E-state index in [1.807, 2.05) is 43.3 Å². The lowest BCUT2D eigenvalue weighted by atomic mass is 9.82. The number of hydrogen-bond acceptors (Lipinski definition) is 5. The SMILES string of the molecule is CN(C)c1nc(NCC2CCC(CNC(=O)c3cc(C(F)(F)F)ccc3F)CC2)nc2ccccc12. The molecular formula is C26H29F4N5O. The zero-order chi connectivity index (χ0) is 25.9. The molecule has 10 heteroatoms. The summed E-state index contributed by atoms with van der Waals surface area (Å²) in [7, 11) is 3.89. The van der Waals surface area contributed by atoms with Gasteiger partial charge in [0.05, 0.1) is 16.6 Å². The van der Waals surface area contributed by atoms with E-state index in [0.717, 1.165) is 48.9 Å². The molecule has 0 radical (unpaired) electrons. The van der Waals surface area contributed by atoms with E-state index in [4.69, 9.17) is 0 Å². The van der Waals surface area contributed by atoms with Gasteiger partial charge in [-0.3, -0.25) is 4.79 Å². The van der Waals surface area contributed by atoms with Crippen molar-refractivity contribution in [2.24, 2.45) is 11.8 Å². The summed E-state index contributed by atoms with van der Waals surface area (Å²) in [5.41, 5.74) is -0.763. The first kappa shape index (κ1) is 25.7. The van der Waals surface area contributed by atoms with Crippen LogP contribution in [-0.4, -0.2) is 43.1 Å².